The monoisotopic (exact) mass is 354 g/mol. The van der Waals surface area contributed by atoms with E-state index in [1.165, 1.54) is 6.20 Å². The van der Waals surface area contributed by atoms with Crippen LogP contribution in [0.1, 0.15) is 11.3 Å². The first kappa shape index (κ1) is 16.7. The molecular weight excluding hydrogens is 343 g/mol. The van der Waals surface area contributed by atoms with Crippen molar-refractivity contribution in [1.29, 1.82) is 0 Å². The highest BCUT2D eigenvalue weighted by Gasteiger charge is 2.11. The lowest BCUT2D eigenvalue weighted by atomic mass is 10.2. The van der Waals surface area contributed by atoms with Crippen LogP contribution in [0.4, 0.5) is 10.1 Å². The van der Waals surface area contributed by atoms with Crippen LogP contribution >= 0.6 is 11.6 Å². The largest absolute Gasteiger partial charge is 0.319 e. The third-order valence-corrected chi connectivity index (χ3v) is 3.60. The van der Waals surface area contributed by atoms with Crippen molar-refractivity contribution >= 4 is 34.2 Å². The number of amides is 1. The van der Waals surface area contributed by atoms with Crippen LogP contribution in [-0.4, -0.2) is 20.7 Å². The van der Waals surface area contributed by atoms with E-state index in [-0.39, 0.29) is 0 Å². The van der Waals surface area contributed by atoms with Crippen molar-refractivity contribution in [2.45, 2.75) is 0 Å². The summed E-state index contributed by atoms with van der Waals surface area (Å²) in [5, 5.41) is 7.98. The third kappa shape index (κ3) is 3.67. The molecule has 2 heterocycles. The topological polar surface area (TPSA) is 59.8 Å². The normalized spacial score (nSPS) is 10.2. The number of hydrogen-bond donors (Lipinski definition) is 1. The van der Waals surface area contributed by atoms with Crippen molar-refractivity contribution < 1.29 is 9.18 Å². The van der Waals surface area contributed by atoms with Gasteiger partial charge in [0.2, 0.25) is 0 Å². The second kappa shape index (κ2) is 6.75. The number of halogens is 2. The van der Waals surface area contributed by atoms with Gasteiger partial charge in [-0.1, -0.05) is 24.1 Å². The Morgan fingerprint density at radius 3 is 2.72 bits per heavy atom. The third-order valence-electron chi connectivity index (χ3n) is 3.35. The van der Waals surface area contributed by atoms with Crippen molar-refractivity contribution in [3.8, 4) is 11.8 Å². The second-order valence-corrected chi connectivity index (χ2v) is 5.62. The molecule has 7 heteroatoms. The number of hydrogen-bond acceptors (Lipinski definition) is 3. The van der Waals surface area contributed by atoms with Gasteiger partial charge in [-0.3, -0.25) is 4.79 Å². The Labute approximate surface area is 148 Å². The maximum Gasteiger partial charge on any atom is 0.283 e. The summed E-state index contributed by atoms with van der Waals surface area (Å²) in [6.45, 7) is 2.96. The van der Waals surface area contributed by atoms with Crippen LogP contribution in [0.15, 0.2) is 48.9 Å². The average Bonchev–Trinajstić information content (AvgIpc) is 2.90. The van der Waals surface area contributed by atoms with E-state index in [9.17, 15) is 9.18 Å². The molecule has 0 radical (unpaired) electrons. The highest BCUT2D eigenvalue weighted by Crippen LogP contribution is 2.20. The Hall–Kier alpha value is -3.17. The van der Waals surface area contributed by atoms with Gasteiger partial charge in [-0.2, -0.15) is 5.10 Å². The quantitative estimate of drug-likeness (QED) is 0.566. The molecule has 0 bridgehead atoms. The number of anilines is 1. The van der Waals surface area contributed by atoms with Gasteiger partial charge >= 0.3 is 0 Å². The van der Waals surface area contributed by atoms with Gasteiger partial charge in [-0.05, 0) is 36.3 Å². The lowest BCUT2D eigenvalue weighted by Gasteiger charge is -2.02. The van der Waals surface area contributed by atoms with Gasteiger partial charge in [0.25, 0.3) is 5.91 Å². The van der Waals surface area contributed by atoms with E-state index in [0.29, 0.717) is 27.4 Å². The van der Waals surface area contributed by atoms with Crippen LogP contribution in [-0.2, 0) is 11.8 Å². The van der Waals surface area contributed by atoms with Crippen LogP contribution in [0.3, 0.4) is 0 Å². The van der Waals surface area contributed by atoms with Gasteiger partial charge in [0, 0.05) is 17.6 Å². The molecule has 3 rings (SSSR count). The summed E-state index contributed by atoms with van der Waals surface area (Å²) in [5.41, 5.74) is 2.21. The molecule has 1 N–H and O–H groups in total. The van der Waals surface area contributed by atoms with Gasteiger partial charge in [-0.25, -0.2) is 14.1 Å². The van der Waals surface area contributed by atoms with Crippen LogP contribution in [0, 0.1) is 11.8 Å². The van der Waals surface area contributed by atoms with Gasteiger partial charge in [0.05, 0.1) is 17.3 Å². The fourth-order valence-electron chi connectivity index (χ4n) is 2.17. The number of carbonyl (C=O) groups is 1. The van der Waals surface area contributed by atoms with Crippen molar-refractivity contribution in [3.63, 3.8) is 0 Å². The molecule has 0 fully saturated rings. The lowest BCUT2D eigenvalue weighted by molar-refractivity contribution is -0.114. The zero-order chi connectivity index (χ0) is 18.0. The predicted octanol–water partition coefficient (Wildman–Crippen LogP) is 3.44. The summed E-state index contributed by atoms with van der Waals surface area (Å²) >= 11 is 5.85. The van der Waals surface area contributed by atoms with Crippen molar-refractivity contribution in [3.05, 3.63) is 65.2 Å². The maximum absolute atomic E-state index is 12.8. The fourth-order valence-corrected chi connectivity index (χ4v) is 2.29. The zero-order valence-corrected chi connectivity index (χ0v) is 13.9. The van der Waals surface area contributed by atoms with Crippen molar-refractivity contribution in [1.82, 2.24) is 14.8 Å². The van der Waals surface area contributed by atoms with E-state index in [1.54, 1.807) is 42.1 Å². The van der Waals surface area contributed by atoms with E-state index in [2.05, 4.69) is 33.8 Å². The molecule has 0 aliphatic rings. The van der Waals surface area contributed by atoms with Crippen LogP contribution < -0.4 is 5.32 Å². The van der Waals surface area contributed by atoms with Crippen molar-refractivity contribution in [2.24, 2.45) is 7.05 Å². The molecule has 0 saturated heterocycles. The second-order valence-electron chi connectivity index (χ2n) is 5.18. The SMILES string of the molecule is C=C(F)C(=O)Nc1cnc2c(c1)c(C#Cc1ccc(Cl)cc1)nn2C. The van der Waals surface area contributed by atoms with Crippen LogP contribution in [0.25, 0.3) is 11.0 Å². The minimum Gasteiger partial charge on any atom is -0.319 e. The Morgan fingerprint density at radius 2 is 2.04 bits per heavy atom. The van der Waals surface area contributed by atoms with Gasteiger partial charge in [0.1, 0.15) is 5.69 Å². The Kier molecular flexibility index (Phi) is 4.50. The minimum atomic E-state index is -1.07. The fraction of sp³-hybridized carbons (Fsp3) is 0.0556. The standard InChI is InChI=1S/C18H12ClFN4O/c1-11(20)18(25)22-14-9-15-16(23-24(2)17(15)21-10-14)8-5-12-3-6-13(19)7-4-12/h3-4,6-7,9-10H,1H2,2H3,(H,22,25). The molecule has 0 aliphatic heterocycles. The first-order valence-electron chi connectivity index (χ1n) is 7.20. The Bertz CT molecular complexity index is 1040. The van der Waals surface area contributed by atoms with E-state index in [0.717, 1.165) is 5.56 Å². The maximum atomic E-state index is 12.8. The van der Waals surface area contributed by atoms with E-state index < -0.39 is 11.7 Å². The first-order chi connectivity index (χ1) is 11.9. The lowest BCUT2D eigenvalue weighted by Crippen LogP contribution is -2.11. The highest BCUT2D eigenvalue weighted by molar-refractivity contribution is 6.30. The highest BCUT2D eigenvalue weighted by atomic mass is 35.5. The number of rotatable bonds is 2. The van der Waals surface area contributed by atoms with Crippen LogP contribution in [0.5, 0.6) is 0 Å². The Balaban J connectivity index is 1.99. The smallest absolute Gasteiger partial charge is 0.283 e. The van der Waals surface area contributed by atoms with Crippen molar-refractivity contribution in [2.75, 3.05) is 5.32 Å². The predicted molar refractivity (Wildman–Crippen MR) is 94.8 cm³/mol. The van der Waals surface area contributed by atoms with Gasteiger partial charge in [-0.15, -0.1) is 0 Å². The molecule has 0 atom stereocenters. The molecule has 0 spiro atoms. The molecule has 124 valence electrons. The van der Waals surface area contributed by atoms with Gasteiger partial charge < -0.3 is 5.32 Å². The number of benzene rings is 1. The number of aromatic nitrogens is 3. The molecule has 25 heavy (non-hydrogen) atoms. The number of carbonyl (C=O) groups excluding carboxylic acids is 1. The summed E-state index contributed by atoms with van der Waals surface area (Å²) < 4.78 is 14.4. The molecule has 0 unspecified atom stereocenters. The number of nitrogens with one attached hydrogen (secondary N) is 1. The molecule has 1 amide bonds. The summed E-state index contributed by atoms with van der Waals surface area (Å²) in [6.07, 6.45) is 1.42. The Morgan fingerprint density at radius 1 is 1.32 bits per heavy atom. The van der Waals surface area contributed by atoms with E-state index in [1.807, 2.05) is 0 Å². The molecule has 1 aromatic carbocycles. The molecule has 2 aromatic heterocycles. The van der Waals surface area contributed by atoms with E-state index >= 15 is 0 Å². The molecule has 5 nitrogen and oxygen atoms in total. The minimum absolute atomic E-state index is 0.332. The zero-order valence-electron chi connectivity index (χ0n) is 13.2. The summed E-state index contributed by atoms with van der Waals surface area (Å²) in [6, 6.07) is 8.75. The molecule has 3 aromatic rings. The van der Waals surface area contributed by atoms with Crippen LogP contribution in [0.2, 0.25) is 5.02 Å². The average molecular weight is 355 g/mol. The number of fused-ring (bicyclic) bond motifs is 1. The summed E-state index contributed by atoms with van der Waals surface area (Å²) in [5.74, 6) is 3.98. The number of pyridine rings is 1. The first-order valence-corrected chi connectivity index (χ1v) is 7.58. The molecular formula is C18H12ClFN4O. The summed E-state index contributed by atoms with van der Waals surface area (Å²) in [7, 11) is 1.74. The number of aryl methyl sites for hydroxylation is 1. The molecule has 0 saturated carbocycles. The summed E-state index contributed by atoms with van der Waals surface area (Å²) in [4.78, 5) is 15.6. The number of nitrogens with zero attached hydrogens (tertiary/aromatic N) is 3. The van der Waals surface area contributed by atoms with E-state index in [4.69, 9.17) is 11.6 Å². The molecule has 0 aliphatic carbocycles. The van der Waals surface area contributed by atoms with Gasteiger partial charge in [0.15, 0.2) is 11.5 Å².